The minimum absolute atomic E-state index is 0.225. The predicted molar refractivity (Wildman–Crippen MR) is 96.6 cm³/mol. The second-order valence-electron chi connectivity index (χ2n) is 6.72. The first kappa shape index (κ1) is 17.7. The van der Waals surface area contributed by atoms with Crippen molar-refractivity contribution in [2.75, 3.05) is 18.6 Å². The molecule has 1 aromatic heterocycles. The first-order chi connectivity index (χ1) is 12.3. The van der Waals surface area contributed by atoms with Crippen molar-refractivity contribution < 1.29 is 19.1 Å². The predicted octanol–water partition coefficient (Wildman–Crippen LogP) is 2.36. The highest BCUT2D eigenvalue weighted by Gasteiger charge is 2.38. The Morgan fingerprint density at radius 1 is 1.19 bits per heavy atom. The highest BCUT2D eigenvalue weighted by atomic mass is 16.5. The average molecular weight is 352 g/mol. The Bertz CT molecular complexity index is 885. The third kappa shape index (κ3) is 3.18. The number of carbonyl (C=O) groups is 2. The van der Waals surface area contributed by atoms with Crippen molar-refractivity contribution in [3.05, 3.63) is 76.9 Å². The van der Waals surface area contributed by atoms with E-state index in [4.69, 9.17) is 4.74 Å². The van der Waals surface area contributed by atoms with Crippen LogP contribution in [0.3, 0.4) is 0 Å². The van der Waals surface area contributed by atoms with E-state index < -0.39 is 5.97 Å². The molecule has 26 heavy (non-hydrogen) atoms. The van der Waals surface area contributed by atoms with Gasteiger partial charge in [0.05, 0.1) is 5.56 Å². The number of aromatic nitrogens is 1. The van der Waals surface area contributed by atoms with Crippen molar-refractivity contribution in [2.45, 2.75) is 19.3 Å². The number of pyridine rings is 1. The van der Waals surface area contributed by atoms with Crippen molar-refractivity contribution in [1.29, 1.82) is 0 Å². The van der Waals surface area contributed by atoms with Gasteiger partial charge < -0.3 is 14.8 Å². The van der Waals surface area contributed by atoms with Gasteiger partial charge >= 0.3 is 5.97 Å². The zero-order valence-corrected chi connectivity index (χ0v) is 14.9. The second-order valence-corrected chi connectivity index (χ2v) is 6.72. The molecule has 0 saturated heterocycles. The van der Waals surface area contributed by atoms with Crippen LogP contribution < -0.4 is 9.63 Å². The number of rotatable bonds is 4. The molecule has 0 amide bonds. The van der Waals surface area contributed by atoms with Crippen LogP contribution in [0.4, 0.5) is 5.69 Å². The Kier molecular flexibility index (Phi) is 4.50. The lowest BCUT2D eigenvalue weighted by Gasteiger charge is -2.23. The van der Waals surface area contributed by atoms with Crippen LogP contribution in [0.1, 0.15) is 29.8 Å². The third-order valence-electron chi connectivity index (χ3n) is 4.62. The molecule has 0 atom stereocenters. The topological polar surface area (TPSA) is 73.5 Å². The Labute approximate surface area is 151 Å². The number of hydrogen-bond donors (Lipinski definition) is 0. The molecule has 0 saturated carbocycles. The number of anilines is 1. The molecule has 1 aromatic carbocycles. The number of fused-ring (bicyclic) bond motifs is 1. The minimum Gasteiger partial charge on any atom is -0.619 e. The van der Waals surface area contributed by atoms with Crippen LogP contribution >= 0.6 is 0 Å². The van der Waals surface area contributed by atoms with E-state index in [2.05, 4.69) is 19.9 Å². The van der Waals surface area contributed by atoms with Gasteiger partial charge in [-0.15, -0.1) is 0 Å². The zero-order chi connectivity index (χ0) is 18.9. The van der Waals surface area contributed by atoms with E-state index in [1.54, 1.807) is 0 Å². The summed E-state index contributed by atoms with van der Waals surface area (Å²) in [7, 11) is 1.92. The monoisotopic (exact) mass is 352 g/mol. The van der Waals surface area contributed by atoms with Crippen LogP contribution in [0.25, 0.3) is 0 Å². The maximum Gasteiger partial charge on any atom is 0.339 e. The molecule has 2 aromatic rings. The van der Waals surface area contributed by atoms with Gasteiger partial charge in [-0.1, -0.05) is 32.0 Å². The molecule has 0 fully saturated rings. The molecule has 1 aliphatic heterocycles. The van der Waals surface area contributed by atoms with E-state index in [9.17, 15) is 14.8 Å². The van der Waals surface area contributed by atoms with Gasteiger partial charge in [0.25, 0.3) is 0 Å². The summed E-state index contributed by atoms with van der Waals surface area (Å²) >= 11 is 0. The molecular formula is C20H20N2O4. The number of carbonyl (C=O) groups excluding carboxylic acids is 2. The Morgan fingerprint density at radius 2 is 1.85 bits per heavy atom. The summed E-state index contributed by atoms with van der Waals surface area (Å²) < 4.78 is 5.63. The first-order valence-corrected chi connectivity index (χ1v) is 8.25. The van der Waals surface area contributed by atoms with Gasteiger partial charge in [0.1, 0.15) is 0 Å². The number of benzene rings is 1. The molecular weight excluding hydrogens is 332 g/mol. The molecule has 6 heteroatoms. The number of esters is 1. The molecule has 0 unspecified atom stereocenters. The Balaban J connectivity index is 1.71. The van der Waals surface area contributed by atoms with Crippen molar-refractivity contribution in [2.24, 2.45) is 0 Å². The van der Waals surface area contributed by atoms with Crippen molar-refractivity contribution in [1.82, 2.24) is 0 Å². The van der Waals surface area contributed by atoms with Gasteiger partial charge in [-0.3, -0.25) is 4.79 Å². The number of allylic oxidation sites excluding steroid dienone is 1. The fourth-order valence-electron chi connectivity index (χ4n) is 3.22. The maximum absolute atomic E-state index is 12.3. The molecule has 6 nitrogen and oxygen atoms in total. The summed E-state index contributed by atoms with van der Waals surface area (Å²) in [6.45, 7) is 3.76. The van der Waals surface area contributed by atoms with Crippen molar-refractivity contribution in [3.63, 3.8) is 0 Å². The van der Waals surface area contributed by atoms with Gasteiger partial charge in [0, 0.05) is 42.1 Å². The summed E-state index contributed by atoms with van der Waals surface area (Å²) in [6.07, 6.45) is 3.94. The van der Waals surface area contributed by atoms with Gasteiger partial charge in [-0.2, -0.15) is 4.73 Å². The number of para-hydroxylation sites is 1. The normalized spacial score (nSPS) is 16.4. The van der Waals surface area contributed by atoms with Gasteiger partial charge in [0.15, 0.2) is 24.8 Å². The van der Waals surface area contributed by atoms with Crippen LogP contribution in [0.15, 0.2) is 60.6 Å². The average Bonchev–Trinajstić information content (AvgIpc) is 2.81. The molecule has 0 bridgehead atoms. The largest absolute Gasteiger partial charge is 0.619 e. The minimum atomic E-state index is -0.639. The second kappa shape index (κ2) is 6.63. The van der Waals surface area contributed by atoms with Crippen LogP contribution in [0, 0.1) is 5.21 Å². The van der Waals surface area contributed by atoms with Gasteiger partial charge in [0.2, 0.25) is 0 Å². The fraction of sp³-hybridized carbons (Fsp3) is 0.250. The summed E-state index contributed by atoms with van der Waals surface area (Å²) in [5.74, 6) is -0.935. The van der Waals surface area contributed by atoms with E-state index in [-0.39, 0.29) is 23.4 Å². The highest BCUT2D eigenvalue weighted by molar-refractivity contribution is 5.96. The zero-order valence-electron chi connectivity index (χ0n) is 14.9. The van der Waals surface area contributed by atoms with Crippen LogP contribution in [0.2, 0.25) is 0 Å². The number of hydrogen-bond acceptors (Lipinski definition) is 5. The summed E-state index contributed by atoms with van der Waals surface area (Å²) in [6, 6.07) is 10.7. The van der Waals surface area contributed by atoms with E-state index in [0.29, 0.717) is 4.73 Å². The van der Waals surface area contributed by atoms with Crippen LogP contribution in [0.5, 0.6) is 0 Å². The molecule has 3 rings (SSSR count). The third-order valence-corrected chi connectivity index (χ3v) is 4.62. The molecule has 134 valence electrons. The van der Waals surface area contributed by atoms with E-state index in [0.717, 1.165) is 16.9 Å². The molecule has 0 N–H and O–H groups in total. The Morgan fingerprint density at radius 3 is 2.50 bits per heavy atom. The lowest BCUT2D eigenvalue weighted by molar-refractivity contribution is -0.605. The van der Waals surface area contributed by atoms with E-state index in [1.807, 2.05) is 30.1 Å². The molecule has 1 aliphatic rings. The fourth-order valence-corrected chi connectivity index (χ4v) is 3.22. The number of nitrogens with zero attached hydrogens (tertiary/aromatic N) is 2. The Hall–Kier alpha value is -3.15. The summed E-state index contributed by atoms with van der Waals surface area (Å²) in [5.41, 5.74) is 2.97. The van der Waals surface area contributed by atoms with Crippen LogP contribution in [-0.2, 0) is 14.9 Å². The number of ketones is 1. The van der Waals surface area contributed by atoms with E-state index in [1.165, 1.54) is 30.6 Å². The SMILES string of the molecule is CN1/C(=C\C(=O)COC(=O)c2cc[n+]([O-])cc2)C(C)(C)c2ccccc21. The number of ether oxygens (including phenoxy) is 1. The number of likely N-dealkylation sites (N-methyl/N-ethyl adjacent to an activating group) is 1. The van der Waals surface area contributed by atoms with E-state index >= 15 is 0 Å². The lowest BCUT2D eigenvalue weighted by atomic mass is 9.83. The van der Waals surface area contributed by atoms with Gasteiger partial charge in [-0.25, -0.2) is 4.79 Å². The van der Waals surface area contributed by atoms with Crippen LogP contribution in [-0.4, -0.2) is 25.4 Å². The molecule has 2 heterocycles. The quantitative estimate of drug-likeness (QED) is 0.365. The summed E-state index contributed by atoms with van der Waals surface area (Å²) in [4.78, 5) is 26.3. The molecule has 0 radical (unpaired) electrons. The van der Waals surface area contributed by atoms with Crippen molar-refractivity contribution >= 4 is 17.4 Å². The summed E-state index contributed by atoms with van der Waals surface area (Å²) in [5, 5.41) is 11.0. The molecule has 0 aliphatic carbocycles. The first-order valence-electron chi connectivity index (χ1n) is 8.25. The van der Waals surface area contributed by atoms with Gasteiger partial charge in [-0.05, 0) is 11.6 Å². The van der Waals surface area contributed by atoms with Crippen molar-refractivity contribution in [3.8, 4) is 0 Å². The lowest BCUT2D eigenvalue weighted by Crippen LogP contribution is -2.25. The maximum atomic E-state index is 12.3. The highest BCUT2D eigenvalue weighted by Crippen LogP contribution is 2.46. The molecule has 0 spiro atoms. The smallest absolute Gasteiger partial charge is 0.339 e. The standard InChI is InChI=1S/C20H20N2O4/c1-20(2)16-6-4-5-7-17(16)21(3)18(20)12-15(23)13-26-19(24)14-8-10-22(25)11-9-14/h4-12H,13H2,1-3H3/b18-12-.